The van der Waals surface area contributed by atoms with Gasteiger partial charge in [0.1, 0.15) is 41.8 Å². The van der Waals surface area contributed by atoms with Crippen LogP contribution in [0.15, 0.2) is 12.3 Å². The molecule has 14 nitrogen and oxygen atoms in total. The van der Waals surface area contributed by atoms with Crippen LogP contribution in [0.25, 0.3) is 11.0 Å². The van der Waals surface area contributed by atoms with E-state index in [9.17, 15) is 42.5 Å². The number of nitriles is 1. The molecule has 1 unspecified atom stereocenters. The average Bonchev–Trinajstić information content (AvgIpc) is 3.42. The second-order valence-corrected chi connectivity index (χ2v) is 15.3. The highest BCUT2D eigenvalue weighted by Crippen LogP contribution is 2.44. The van der Waals surface area contributed by atoms with E-state index in [0.29, 0.717) is 17.5 Å². The van der Waals surface area contributed by atoms with E-state index in [0.717, 1.165) is 12.8 Å². The van der Waals surface area contributed by atoms with Crippen molar-refractivity contribution in [2.24, 2.45) is 0 Å². The van der Waals surface area contributed by atoms with Gasteiger partial charge in [-0.25, -0.2) is 17.8 Å². The van der Waals surface area contributed by atoms with Gasteiger partial charge >= 0.3 is 13.6 Å². The minimum absolute atomic E-state index is 0.0352. The molecule has 2 aromatic rings. The number of sulfone groups is 1. The third-order valence-corrected chi connectivity index (χ3v) is 11.7. The summed E-state index contributed by atoms with van der Waals surface area (Å²) in [7, 11) is -9.19. The predicted molar refractivity (Wildman–Crippen MR) is 152 cm³/mol. The van der Waals surface area contributed by atoms with E-state index in [2.05, 4.69) is 14.8 Å². The maximum atomic E-state index is 13.4. The maximum absolute atomic E-state index is 13.4. The number of fused-ring (bicyclic) bond motifs is 1. The van der Waals surface area contributed by atoms with Crippen molar-refractivity contribution in [2.75, 3.05) is 23.4 Å². The van der Waals surface area contributed by atoms with Crippen LogP contribution in [0.1, 0.15) is 57.2 Å². The second kappa shape index (κ2) is 13.7. The van der Waals surface area contributed by atoms with Crippen LogP contribution >= 0.6 is 19.2 Å². The fraction of sp³-hybridized carbons (Fsp3) is 0.640. The molecule has 43 heavy (non-hydrogen) atoms. The van der Waals surface area contributed by atoms with Gasteiger partial charge in [0, 0.05) is 24.0 Å². The van der Waals surface area contributed by atoms with Gasteiger partial charge in [-0.15, -0.1) is 0 Å². The molecule has 0 bridgehead atoms. The van der Waals surface area contributed by atoms with Gasteiger partial charge in [0.25, 0.3) is 0 Å². The first-order chi connectivity index (χ1) is 20.2. The molecule has 1 saturated heterocycles. The topological polar surface area (TPSA) is 210 Å². The smallest absolute Gasteiger partial charge is 0.346 e. The Labute approximate surface area is 252 Å². The lowest BCUT2D eigenvalue weighted by Gasteiger charge is -2.31. The Morgan fingerprint density at radius 3 is 2.72 bits per heavy atom. The molecule has 0 amide bonds. The van der Waals surface area contributed by atoms with Crippen LogP contribution in [-0.4, -0.2) is 87.6 Å². The first-order valence-electron chi connectivity index (χ1n) is 13.6. The Morgan fingerprint density at radius 1 is 1.35 bits per heavy atom. The fourth-order valence-corrected chi connectivity index (χ4v) is 8.84. The number of hydrogen-bond acceptors (Lipinski definition) is 12. The van der Waals surface area contributed by atoms with Crippen molar-refractivity contribution in [1.29, 1.82) is 5.26 Å². The molecule has 4 N–H and O–H groups in total. The lowest BCUT2D eigenvalue weighted by Crippen LogP contribution is -2.36. The molecule has 2 aliphatic rings. The van der Waals surface area contributed by atoms with Gasteiger partial charge in [0.2, 0.25) is 6.79 Å². The molecular weight excluding hydrogens is 634 g/mol. The molecule has 5 atom stereocenters. The van der Waals surface area contributed by atoms with Crippen molar-refractivity contribution < 1.29 is 51.3 Å². The molecular formula is C25H33ClFN4O10PS. The zero-order valence-corrected chi connectivity index (χ0v) is 25.6. The number of nitrogens with one attached hydrogen (secondary N) is 1. The summed E-state index contributed by atoms with van der Waals surface area (Å²) in [6, 6.07) is 3.29. The second-order valence-electron chi connectivity index (χ2n) is 10.6. The number of unbranched alkanes of at least 4 members (excludes halogenated alkanes) is 2. The number of anilines is 1. The first kappa shape index (κ1) is 33.5. The number of rotatable bonds is 14. The van der Waals surface area contributed by atoms with Gasteiger partial charge in [0.05, 0.1) is 11.4 Å². The number of ether oxygens (including phenoxy) is 2. The van der Waals surface area contributed by atoms with E-state index in [4.69, 9.17) is 21.1 Å². The van der Waals surface area contributed by atoms with Gasteiger partial charge in [-0.3, -0.25) is 13.9 Å². The van der Waals surface area contributed by atoms with Crippen LogP contribution in [0.5, 0.6) is 0 Å². The molecule has 2 aromatic heterocycles. The monoisotopic (exact) mass is 666 g/mol. The highest BCUT2D eigenvalue weighted by Gasteiger charge is 2.47. The number of nitrogens with zero attached hydrogens (tertiary/aromatic N) is 3. The van der Waals surface area contributed by atoms with Gasteiger partial charge in [-0.1, -0.05) is 31.4 Å². The standard InChI is InChI=1S/C25H33ClFN4O10PS/c1-2-3-4-5-19(32)39-12-40-42(35,36)13-43(37,38)11-18-21(33)22(34)25(41-18)31-7-6-16-20(29-15-8-14(27)9-15)17(10-28)23(26)30-24(16)31/h6-7,14-15,18,21-22,25,33-34H,2-5,8-9,11-13H2,1H3,(H,29,30)(H,35,36)/t14?,15?,18-,21-,22-,25+/m1/s1. The van der Waals surface area contributed by atoms with Crippen molar-refractivity contribution in [3.63, 3.8) is 0 Å². The summed E-state index contributed by atoms with van der Waals surface area (Å²) in [5.74, 6) is -1.60. The van der Waals surface area contributed by atoms with Crippen LogP contribution in [-0.2, 0) is 33.2 Å². The van der Waals surface area contributed by atoms with E-state index >= 15 is 0 Å². The normalized spacial score (nSPS) is 26.9. The lowest BCUT2D eigenvalue weighted by molar-refractivity contribution is -0.150. The summed E-state index contributed by atoms with van der Waals surface area (Å²) in [5, 5.41) is 34.3. The van der Waals surface area contributed by atoms with Crippen molar-refractivity contribution in [3.05, 3.63) is 23.0 Å². The molecule has 2 fully saturated rings. The quantitative estimate of drug-likeness (QED) is 0.0752. The van der Waals surface area contributed by atoms with Crippen LogP contribution in [0.2, 0.25) is 5.15 Å². The van der Waals surface area contributed by atoms with Gasteiger partial charge < -0.3 is 34.5 Å². The Bertz CT molecular complexity index is 1530. The van der Waals surface area contributed by atoms with Crippen molar-refractivity contribution in [3.8, 4) is 6.07 Å². The minimum atomic E-state index is -4.77. The van der Waals surface area contributed by atoms with Gasteiger partial charge in [0.15, 0.2) is 26.7 Å². The van der Waals surface area contributed by atoms with Crippen LogP contribution in [0, 0.1) is 11.3 Å². The molecule has 0 aromatic carbocycles. The van der Waals surface area contributed by atoms with E-state index in [1.54, 1.807) is 6.07 Å². The third kappa shape index (κ3) is 8.03. The molecule has 3 heterocycles. The van der Waals surface area contributed by atoms with Crippen LogP contribution in [0.3, 0.4) is 0 Å². The molecule has 0 spiro atoms. The Hall–Kier alpha value is -2.35. The number of carbonyl (C=O) groups is 1. The largest absolute Gasteiger partial charge is 0.438 e. The van der Waals surface area contributed by atoms with Crippen LogP contribution in [0.4, 0.5) is 10.1 Å². The summed E-state index contributed by atoms with van der Waals surface area (Å²) in [5.41, 5.74) is -0.865. The first-order valence-corrected chi connectivity index (χ1v) is 17.6. The van der Waals surface area contributed by atoms with Crippen molar-refractivity contribution >= 4 is 51.7 Å². The summed E-state index contributed by atoms with van der Waals surface area (Å²) in [6.45, 7) is 1.04. The Balaban J connectivity index is 1.44. The van der Waals surface area contributed by atoms with E-state index in [1.807, 2.05) is 13.0 Å². The number of esters is 1. The number of halogens is 2. The van der Waals surface area contributed by atoms with Gasteiger partial charge in [-0.05, 0) is 25.3 Å². The SMILES string of the molecule is CCCCCC(=O)OCOP(=O)(O)CS(=O)(=O)C[C@H]1O[C@H](n2ccc3c(NC4CC(F)C4)c(C#N)c(Cl)nc32)[C@H](O)[C@@H]1O. The summed E-state index contributed by atoms with van der Waals surface area (Å²) in [4.78, 5) is 25.9. The molecule has 0 radical (unpaired) electrons. The fourth-order valence-electron chi connectivity index (χ4n) is 4.92. The molecule has 1 saturated carbocycles. The molecule has 18 heteroatoms. The Kier molecular flexibility index (Phi) is 10.7. The number of aliphatic hydroxyl groups excluding tert-OH is 2. The van der Waals surface area contributed by atoms with Gasteiger partial charge in [-0.2, -0.15) is 5.26 Å². The predicted octanol–water partition coefficient (Wildman–Crippen LogP) is 2.75. The highest BCUT2D eigenvalue weighted by molar-refractivity contribution is 7.97. The lowest BCUT2D eigenvalue weighted by atomic mass is 9.90. The Morgan fingerprint density at radius 2 is 2.07 bits per heavy atom. The number of aromatic nitrogens is 2. The van der Waals surface area contributed by atoms with Crippen molar-refractivity contribution in [1.82, 2.24) is 9.55 Å². The number of aliphatic hydroxyl groups is 2. The minimum Gasteiger partial charge on any atom is -0.438 e. The van der Waals surface area contributed by atoms with Crippen molar-refractivity contribution in [2.45, 2.75) is 82.2 Å². The number of pyridine rings is 1. The third-order valence-electron chi connectivity index (χ3n) is 7.21. The van der Waals surface area contributed by atoms with E-state index in [1.165, 1.54) is 10.8 Å². The average molecular weight is 667 g/mol. The van der Waals surface area contributed by atoms with E-state index < -0.39 is 72.2 Å². The zero-order valence-electron chi connectivity index (χ0n) is 23.1. The summed E-state index contributed by atoms with van der Waals surface area (Å²) >= 11 is 6.26. The maximum Gasteiger partial charge on any atom is 0.346 e. The van der Waals surface area contributed by atoms with E-state index in [-0.39, 0.29) is 41.7 Å². The highest BCUT2D eigenvalue weighted by atomic mass is 35.5. The number of hydrogen-bond donors (Lipinski definition) is 4. The summed E-state index contributed by atoms with van der Waals surface area (Å²) in [6.07, 6.45) is -2.92. The number of alkyl halides is 1. The number of carbonyl (C=O) groups excluding carboxylic acids is 1. The molecule has 4 rings (SSSR count). The molecule has 1 aliphatic carbocycles. The van der Waals surface area contributed by atoms with Crippen LogP contribution < -0.4 is 5.32 Å². The zero-order chi connectivity index (χ0) is 31.5. The molecule has 1 aliphatic heterocycles. The molecule has 238 valence electrons. The summed E-state index contributed by atoms with van der Waals surface area (Å²) < 4.78 is 67.6.